The van der Waals surface area contributed by atoms with Gasteiger partial charge < -0.3 is 69.7 Å². The lowest BCUT2D eigenvalue weighted by molar-refractivity contribution is -0.195. The van der Waals surface area contributed by atoms with Crippen molar-refractivity contribution in [2.24, 2.45) is 4.99 Å². The molecule has 0 bridgehead atoms. The third-order valence-corrected chi connectivity index (χ3v) is 11.4. The number of carbonyl (C=O) groups is 7. The first kappa shape index (κ1) is 70.7. The molecule has 1 aliphatic heterocycles. The monoisotopic (exact) mass is 1090 g/mol. The number of methoxy groups -OCH3 is 1. The number of aliphatic carboxylic acids is 2. The Hall–Kier alpha value is -5.33. The fourth-order valence-corrected chi connectivity index (χ4v) is 6.94. The molecule has 1 saturated heterocycles. The zero-order chi connectivity index (χ0) is 58.5. The molecule has 4 amide bonds. The van der Waals surface area contributed by atoms with Crippen molar-refractivity contribution in [1.82, 2.24) is 21.3 Å². The summed E-state index contributed by atoms with van der Waals surface area (Å²) in [7, 11) is 1.64. The smallest absolute Gasteiger partial charge is 0.481 e. The summed E-state index contributed by atoms with van der Waals surface area (Å²) in [6.45, 7) is 26.2. The molecule has 0 saturated carbocycles. The molecule has 0 aliphatic carbocycles. The fraction of sp³-hybridized carbons (Fsp3) is 0.736. The summed E-state index contributed by atoms with van der Waals surface area (Å²) in [6.07, 6.45) is -2.56. The molecule has 436 valence electrons. The van der Waals surface area contributed by atoms with E-state index in [9.17, 15) is 43.4 Å². The Kier molecular flexibility index (Phi) is 32.7. The third kappa shape index (κ3) is 31.7. The van der Waals surface area contributed by atoms with Crippen molar-refractivity contribution >= 4 is 47.5 Å². The van der Waals surface area contributed by atoms with Crippen LogP contribution >= 0.6 is 0 Å². The number of nitrogens with zero attached hydrogens (tertiary/aromatic N) is 1. The van der Waals surface area contributed by atoms with Gasteiger partial charge in [0, 0.05) is 51.3 Å². The quantitative estimate of drug-likeness (QED) is 0.0228. The zero-order valence-electron chi connectivity index (χ0n) is 47.6. The van der Waals surface area contributed by atoms with Crippen molar-refractivity contribution in [3.63, 3.8) is 0 Å². The van der Waals surface area contributed by atoms with Gasteiger partial charge in [0.25, 0.3) is 11.9 Å². The number of aliphatic imine (C=N–C) groups is 1. The van der Waals surface area contributed by atoms with Crippen LogP contribution in [0.2, 0.25) is 0 Å². The normalized spacial score (nSPS) is 16.8. The van der Waals surface area contributed by atoms with Crippen molar-refractivity contribution in [3.05, 3.63) is 29.3 Å². The van der Waals surface area contributed by atoms with Gasteiger partial charge in [0.1, 0.15) is 31.0 Å². The molecule has 0 spiro atoms. The number of halogens is 1. The maximum absolute atomic E-state index is 13.9. The number of hydrogen-bond acceptors (Lipinski definition) is 16. The predicted molar refractivity (Wildman–Crippen MR) is 282 cm³/mol. The SMILES string of the molecule is CC.CC(=O)O.CCC(C)=NC(C)(C)OCCC(C)(C)NC(=O)C(CCCCNC(=O)C(C)NC(=O)c1cc(COC(=O)F)ccc1OC1CC(O)CC(C(=O)O)O1)NC(=O)COC(C)(C)CCOC(C)(C)CCOC. The largest absolute Gasteiger partial charge is 0.495 e. The standard InChI is InChI=1S/C49H80FN5O15.C2H4O2.C2H6/c1-13-31(2)54-49(10,11)67-24-19-46(4,5)55-43(60)36(53-39(57)30-68-48(8,9)21-25-66-47(6,7)20-23-64-12)16-14-15-22-51-41(58)32(3)52-42(59)35-26-33(29-65-45(50)63)17-18-37(35)69-40-28-34(56)27-38(70-40)44(61)62;1-2(3)4;1-2/h17-18,26,32,34,36,38,40,56H,13-16,19-25,27-30H2,1-12H3,(H,51,58)(H,52,59)(H,53,57)(H,55,60)(H,61,62);1H3,(H,3,4);1-2H3. The molecule has 7 N–H and O–H groups in total. The van der Waals surface area contributed by atoms with Gasteiger partial charge >= 0.3 is 12.2 Å². The van der Waals surface area contributed by atoms with E-state index in [0.29, 0.717) is 51.9 Å². The molecular formula is C53H90FN5O17. The molecule has 22 nitrogen and oxygen atoms in total. The molecule has 1 heterocycles. The third-order valence-electron chi connectivity index (χ3n) is 11.4. The first-order valence-corrected chi connectivity index (χ1v) is 25.8. The van der Waals surface area contributed by atoms with Gasteiger partial charge in [-0.1, -0.05) is 26.8 Å². The van der Waals surface area contributed by atoms with E-state index < -0.39 is 101 Å². The minimum atomic E-state index is -2.04. The maximum Gasteiger partial charge on any atom is 0.495 e. The molecule has 1 aliphatic rings. The Bertz CT molecular complexity index is 2010. The summed E-state index contributed by atoms with van der Waals surface area (Å²) in [5.74, 6) is -4.53. The highest BCUT2D eigenvalue weighted by molar-refractivity contribution is 5.99. The predicted octanol–water partition coefficient (Wildman–Crippen LogP) is 6.55. The lowest BCUT2D eigenvalue weighted by Gasteiger charge is -2.31. The number of rotatable bonds is 32. The fourth-order valence-electron chi connectivity index (χ4n) is 6.94. The number of carboxylic acid groups (broad SMARTS) is 2. The van der Waals surface area contributed by atoms with Gasteiger partial charge in [-0.15, -0.1) is 4.39 Å². The summed E-state index contributed by atoms with van der Waals surface area (Å²) in [6, 6.07) is 1.86. The average Bonchev–Trinajstić information content (AvgIpc) is 3.31. The first-order chi connectivity index (χ1) is 35.3. The van der Waals surface area contributed by atoms with Crippen LogP contribution < -0.4 is 26.0 Å². The lowest BCUT2D eigenvalue weighted by atomic mass is 9.99. The van der Waals surface area contributed by atoms with E-state index in [-0.39, 0.29) is 49.3 Å². The van der Waals surface area contributed by atoms with Crippen LogP contribution in [0.4, 0.5) is 9.18 Å². The number of aliphatic hydroxyl groups is 1. The molecule has 1 fully saturated rings. The van der Waals surface area contributed by atoms with Crippen LogP contribution in [0.1, 0.15) is 171 Å². The highest BCUT2D eigenvalue weighted by Gasteiger charge is 2.35. The van der Waals surface area contributed by atoms with Crippen LogP contribution in [0.15, 0.2) is 23.2 Å². The second kappa shape index (κ2) is 35.2. The highest BCUT2D eigenvalue weighted by Crippen LogP contribution is 2.28. The van der Waals surface area contributed by atoms with E-state index in [4.69, 9.17) is 38.3 Å². The topological polar surface area (TPSA) is 305 Å². The van der Waals surface area contributed by atoms with Crippen molar-refractivity contribution in [2.45, 2.75) is 214 Å². The van der Waals surface area contributed by atoms with E-state index in [1.807, 2.05) is 83.1 Å². The van der Waals surface area contributed by atoms with Crippen molar-refractivity contribution in [1.29, 1.82) is 0 Å². The van der Waals surface area contributed by atoms with E-state index in [0.717, 1.165) is 19.1 Å². The van der Waals surface area contributed by atoms with Crippen molar-refractivity contribution < 1.29 is 86.4 Å². The Balaban J connectivity index is 0.00000892. The summed E-state index contributed by atoms with van der Waals surface area (Å²) in [4.78, 5) is 90.0. The van der Waals surface area contributed by atoms with Crippen LogP contribution in [0, 0.1) is 0 Å². The van der Waals surface area contributed by atoms with Crippen LogP contribution in [0.5, 0.6) is 5.75 Å². The van der Waals surface area contributed by atoms with Gasteiger partial charge in [-0.05, 0) is 132 Å². The molecule has 5 atom stereocenters. The number of benzene rings is 1. The van der Waals surface area contributed by atoms with Crippen molar-refractivity contribution in [3.8, 4) is 5.75 Å². The van der Waals surface area contributed by atoms with Gasteiger partial charge in [0.15, 0.2) is 11.8 Å². The van der Waals surface area contributed by atoms with E-state index in [1.54, 1.807) is 7.11 Å². The second-order valence-electron chi connectivity index (χ2n) is 20.4. The number of nitrogens with one attached hydrogen (secondary N) is 4. The summed E-state index contributed by atoms with van der Waals surface area (Å²) in [5.41, 5.74) is -1.62. The molecule has 0 aromatic heterocycles. The Labute approximate surface area is 448 Å². The number of carbonyl (C=O) groups excluding carboxylic acids is 5. The molecule has 2 rings (SSSR count). The first-order valence-electron chi connectivity index (χ1n) is 25.8. The van der Waals surface area contributed by atoms with Crippen LogP contribution in [0.3, 0.4) is 0 Å². The summed E-state index contributed by atoms with van der Waals surface area (Å²) < 4.78 is 51.8. The Morgan fingerprint density at radius 2 is 1.45 bits per heavy atom. The zero-order valence-corrected chi connectivity index (χ0v) is 47.6. The molecule has 23 heteroatoms. The molecule has 1 aromatic carbocycles. The molecule has 5 unspecified atom stereocenters. The van der Waals surface area contributed by atoms with Crippen LogP contribution in [0.25, 0.3) is 0 Å². The van der Waals surface area contributed by atoms with Crippen molar-refractivity contribution in [2.75, 3.05) is 40.1 Å². The highest BCUT2D eigenvalue weighted by atomic mass is 19.1. The second-order valence-corrected chi connectivity index (χ2v) is 20.4. The van der Waals surface area contributed by atoms with Crippen LogP contribution in [-0.4, -0.2) is 156 Å². The van der Waals surface area contributed by atoms with Gasteiger partial charge in [0.05, 0.1) is 36.1 Å². The van der Waals surface area contributed by atoms with E-state index in [2.05, 4.69) is 31.0 Å². The average molecular weight is 1090 g/mol. The van der Waals surface area contributed by atoms with Gasteiger partial charge in [-0.2, -0.15) is 0 Å². The van der Waals surface area contributed by atoms with E-state index >= 15 is 0 Å². The Morgan fingerprint density at radius 3 is 2.04 bits per heavy atom. The Morgan fingerprint density at radius 1 is 0.842 bits per heavy atom. The maximum atomic E-state index is 13.9. The van der Waals surface area contributed by atoms with Crippen LogP contribution in [-0.2, 0) is 59.0 Å². The summed E-state index contributed by atoms with van der Waals surface area (Å²) >= 11 is 0. The minimum Gasteiger partial charge on any atom is -0.481 e. The minimum absolute atomic E-state index is 0.109. The molecular weight excluding hydrogens is 998 g/mol. The van der Waals surface area contributed by atoms with Gasteiger partial charge in [0.2, 0.25) is 24.0 Å². The lowest BCUT2D eigenvalue weighted by Crippen LogP contribution is -2.54. The number of amides is 4. The number of aliphatic hydroxyl groups excluding tert-OH is 1. The van der Waals surface area contributed by atoms with E-state index in [1.165, 1.54) is 25.1 Å². The molecule has 0 radical (unpaired) electrons. The van der Waals surface area contributed by atoms with Gasteiger partial charge in [-0.3, -0.25) is 29.0 Å². The number of ether oxygens (including phenoxy) is 7. The molecule has 76 heavy (non-hydrogen) atoms. The van der Waals surface area contributed by atoms with Gasteiger partial charge in [-0.25, -0.2) is 9.59 Å². The summed E-state index contributed by atoms with van der Waals surface area (Å²) in [5, 5.41) is 38.3. The molecule has 1 aromatic rings. The number of hydrogen-bond donors (Lipinski definition) is 7. The number of unbranched alkanes of at least 4 members (excludes halogenated alkanes) is 1. The number of carboxylic acids is 2.